The fraction of sp³-hybridized carbons (Fsp3) is 0.529. The molecule has 0 spiro atoms. The molecule has 0 N–H and O–H groups in total. The third kappa shape index (κ3) is 7.47. The Labute approximate surface area is 240 Å². The first-order valence-electron chi connectivity index (χ1n) is 15.0. The molecule has 0 fully saturated rings. The van der Waals surface area contributed by atoms with Crippen molar-refractivity contribution in [1.82, 2.24) is 0 Å². The van der Waals surface area contributed by atoms with Crippen molar-refractivity contribution in [2.24, 2.45) is 10.3 Å². The number of rotatable bonds is 15. The molecule has 6 heteroatoms. The lowest BCUT2D eigenvalue weighted by molar-refractivity contribution is -0.141. The van der Waals surface area contributed by atoms with Crippen LogP contribution in [0.5, 0.6) is 0 Å². The zero-order valence-electron chi connectivity index (χ0n) is 25.3. The number of carbonyl (C=O) groups excluding carboxylic acids is 2. The van der Waals surface area contributed by atoms with Gasteiger partial charge in [-0.05, 0) is 78.1 Å². The van der Waals surface area contributed by atoms with E-state index in [9.17, 15) is 9.59 Å². The summed E-state index contributed by atoms with van der Waals surface area (Å²) in [5.74, 6) is -0.834. The Morgan fingerprint density at radius 2 is 1.20 bits per heavy atom. The number of oxime groups is 2. The van der Waals surface area contributed by atoms with Crippen LogP contribution in [0.1, 0.15) is 134 Å². The van der Waals surface area contributed by atoms with Gasteiger partial charge < -0.3 is 9.68 Å². The molecule has 0 radical (unpaired) electrons. The molecule has 0 aliphatic heterocycles. The molecule has 216 valence electrons. The quantitative estimate of drug-likeness (QED) is 0.0967. The van der Waals surface area contributed by atoms with Gasteiger partial charge in [0.25, 0.3) is 0 Å². The molecule has 0 bridgehead atoms. The van der Waals surface area contributed by atoms with E-state index in [2.05, 4.69) is 67.5 Å². The first-order chi connectivity index (χ1) is 19.3. The van der Waals surface area contributed by atoms with E-state index in [0.717, 1.165) is 81.0 Å². The van der Waals surface area contributed by atoms with Crippen LogP contribution >= 0.6 is 0 Å². The zero-order valence-corrected chi connectivity index (χ0v) is 25.3. The van der Waals surface area contributed by atoms with E-state index in [1.165, 1.54) is 42.5 Å². The Morgan fingerprint density at radius 3 is 1.75 bits per heavy atom. The molecule has 2 aromatic rings. The topological polar surface area (TPSA) is 77.3 Å². The molecule has 0 saturated heterocycles. The van der Waals surface area contributed by atoms with Gasteiger partial charge in [-0.2, -0.15) is 0 Å². The fourth-order valence-corrected chi connectivity index (χ4v) is 5.79. The molecule has 1 aliphatic carbocycles. The minimum absolute atomic E-state index is 0.140. The third-order valence-electron chi connectivity index (χ3n) is 7.89. The van der Waals surface area contributed by atoms with Crippen molar-refractivity contribution in [2.45, 2.75) is 118 Å². The maximum Gasteiger partial charge on any atom is 0.331 e. The number of benzene rings is 2. The molecule has 0 aromatic heterocycles. The normalized spacial score (nSPS) is 14.1. The molecule has 3 rings (SSSR count). The van der Waals surface area contributed by atoms with Crippen LogP contribution in [0.2, 0.25) is 0 Å². The van der Waals surface area contributed by atoms with Crippen molar-refractivity contribution in [3.05, 3.63) is 58.7 Å². The van der Waals surface area contributed by atoms with Gasteiger partial charge in [0.1, 0.15) is 0 Å². The van der Waals surface area contributed by atoms with Crippen molar-refractivity contribution in [3.8, 4) is 11.1 Å². The SMILES string of the molecule is CCCCCC/C(=N\OC(C)=O)c1ccc2c(c1)C(CCCC)(CCCC)c1cc(/C(C)=N/OC(C)=O)ccc1-2. The number of unbranched alkanes of at least 4 members (excludes halogenated alkanes) is 5. The number of hydrogen-bond acceptors (Lipinski definition) is 6. The Kier molecular flexibility index (Phi) is 11.7. The summed E-state index contributed by atoms with van der Waals surface area (Å²) in [6.07, 6.45) is 11.8. The van der Waals surface area contributed by atoms with Crippen LogP contribution in [0.25, 0.3) is 11.1 Å². The summed E-state index contributed by atoms with van der Waals surface area (Å²) in [7, 11) is 0. The van der Waals surface area contributed by atoms with Crippen molar-refractivity contribution in [3.63, 3.8) is 0 Å². The monoisotopic (exact) mass is 546 g/mol. The summed E-state index contributed by atoms with van der Waals surface area (Å²) in [5.41, 5.74) is 8.50. The van der Waals surface area contributed by atoms with Gasteiger partial charge in [0, 0.05) is 19.3 Å². The lowest BCUT2D eigenvalue weighted by atomic mass is 9.70. The van der Waals surface area contributed by atoms with E-state index in [1.54, 1.807) is 0 Å². The fourth-order valence-electron chi connectivity index (χ4n) is 5.79. The average Bonchev–Trinajstić information content (AvgIpc) is 3.21. The maximum atomic E-state index is 11.6. The van der Waals surface area contributed by atoms with Gasteiger partial charge in [-0.25, -0.2) is 9.59 Å². The van der Waals surface area contributed by atoms with Crippen molar-refractivity contribution < 1.29 is 19.3 Å². The van der Waals surface area contributed by atoms with Gasteiger partial charge in [-0.3, -0.25) is 0 Å². The van der Waals surface area contributed by atoms with Gasteiger partial charge >= 0.3 is 11.9 Å². The maximum absolute atomic E-state index is 11.6. The van der Waals surface area contributed by atoms with Crippen LogP contribution in [-0.4, -0.2) is 23.4 Å². The first-order valence-corrected chi connectivity index (χ1v) is 15.0. The average molecular weight is 547 g/mol. The number of nitrogens with zero attached hydrogens (tertiary/aromatic N) is 2. The molecule has 1 aliphatic rings. The van der Waals surface area contributed by atoms with E-state index in [1.807, 2.05) is 6.92 Å². The highest BCUT2D eigenvalue weighted by molar-refractivity contribution is 6.02. The minimum atomic E-state index is -0.429. The molecule has 40 heavy (non-hydrogen) atoms. The predicted molar refractivity (Wildman–Crippen MR) is 163 cm³/mol. The first kappa shape index (κ1) is 31.3. The minimum Gasteiger partial charge on any atom is -0.318 e. The van der Waals surface area contributed by atoms with Gasteiger partial charge in [0.15, 0.2) is 0 Å². The van der Waals surface area contributed by atoms with E-state index < -0.39 is 11.9 Å². The van der Waals surface area contributed by atoms with Crippen LogP contribution < -0.4 is 0 Å². The second kappa shape index (κ2) is 14.9. The Hall–Kier alpha value is -3.28. The predicted octanol–water partition coefficient (Wildman–Crippen LogP) is 8.86. The Balaban J connectivity index is 2.16. The summed E-state index contributed by atoms with van der Waals surface area (Å²) in [5, 5.41) is 8.38. The lowest BCUT2D eigenvalue weighted by Gasteiger charge is -2.33. The molecule has 0 unspecified atom stereocenters. The van der Waals surface area contributed by atoms with Crippen LogP contribution in [0.15, 0.2) is 46.7 Å². The van der Waals surface area contributed by atoms with Crippen molar-refractivity contribution in [2.75, 3.05) is 0 Å². The van der Waals surface area contributed by atoms with E-state index in [0.29, 0.717) is 5.71 Å². The van der Waals surface area contributed by atoms with Gasteiger partial charge in [0.2, 0.25) is 0 Å². The molecular weight excluding hydrogens is 500 g/mol. The molecule has 0 saturated carbocycles. The Morgan fingerprint density at radius 1 is 0.675 bits per heavy atom. The second-order valence-electron chi connectivity index (χ2n) is 11.0. The molecule has 6 nitrogen and oxygen atoms in total. The van der Waals surface area contributed by atoms with Gasteiger partial charge in [-0.1, -0.05) is 100 Å². The van der Waals surface area contributed by atoms with E-state index in [-0.39, 0.29) is 5.41 Å². The summed E-state index contributed by atoms with van der Waals surface area (Å²) in [4.78, 5) is 33.1. The van der Waals surface area contributed by atoms with Gasteiger partial charge in [0.05, 0.1) is 11.4 Å². The second-order valence-corrected chi connectivity index (χ2v) is 11.0. The molecule has 0 amide bonds. The zero-order chi connectivity index (χ0) is 29.1. The summed E-state index contributed by atoms with van der Waals surface area (Å²) < 4.78 is 0. The van der Waals surface area contributed by atoms with Crippen LogP contribution in [0, 0.1) is 0 Å². The van der Waals surface area contributed by atoms with Crippen LogP contribution in [0.3, 0.4) is 0 Å². The van der Waals surface area contributed by atoms with E-state index >= 15 is 0 Å². The molecular formula is C34H46N2O4. The number of fused-ring (bicyclic) bond motifs is 3. The summed E-state index contributed by atoms with van der Waals surface area (Å²) in [6, 6.07) is 13.2. The highest BCUT2D eigenvalue weighted by Crippen LogP contribution is 2.54. The summed E-state index contributed by atoms with van der Waals surface area (Å²) in [6.45, 7) is 11.3. The smallest absolute Gasteiger partial charge is 0.318 e. The third-order valence-corrected chi connectivity index (χ3v) is 7.89. The molecule has 0 heterocycles. The Bertz CT molecular complexity index is 1240. The van der Waals surface area contributed by atoms with Crippen molar-refractivity contribution in [1.29, 1.82) is 0 Å². The highest BCUT2D eigenvalue weighted by Gasteiger charge is 2.42. The largest absolute Gasteiger partial charge is 0.331 e. The van der Waals surface area contributed by atoms with Crippen LogP contribution in [-0.2, 0) is 24.7 Å². The van der Waals surface area contributed by atoms with E-state index in [4.69, 9.17) is 9.68 Å². The van der Waals surface area contributed by atoms with Crippen LogP contribution in [0.4, 0.5) is 0 Å². The van der Waals surface area contributed by atoms with Crippen molar-refractivity contribution >= 4 is 23.4 Å². The summed E-state index contributed by atoms with van der Waals surface area (Å²) >= 11 is 0. The molecule has 0 atom stereocenters. The van der Waals surface area contributed by atoms with Gasteiger partial charge in [-0.15, -0.1) is 0 Å². The highest BCUT2D eigenvalue weighted by atomic mass is 16.7. The standard InChI is InChI=1S/C34H46N2O4/c1-7-10-13-14-15-33(36-40-26(6)38)28-17-19-30-29-18-16-27(24(4)35-39-25(5)37)22-31(29)34(20-11-8-2,21-12-9-3)32(30)23-28/h16-19,22-23H,7-15,20-21H2,1-6H3/b35-24+,36-33+. The molecule has 2 aromatic carbocycles. The lowest BCUT2D eigenvalue weighted by Crippen LogP contribution is -2.26. The number of carbonyl (C=O) groups is 2. The number of hydrogen-bond donors (Lipinski definition) is 0.